The molecule has 1 aromatic heterocycles. The molecule has 1 aliphatic heterocycles. The van der Waals surface area contributed by atoms with E-state index in [0.717, 1.165) is 31.6 Å². The average molecular weight is 422 g/mol. The largest absolute Gasteiger partial charge is 0.322 e. The van der Waals surface area contributed by atoms with Crippen molar-refractivity contribution in [3.63, 3.8) is 0 Å². The molecule has 9 heteroatoms. The van der Waals surface area contributed by atoms with Gasteiger partial charge in [0.15, 0.2) is 0 Å². The highest BCUT2D eigenvalue weighted by Crippen LogP contribution is 2.41. The van der Waals surface area contributed by atoms with Crippen LogP contribution in [0.15, 0.2) is 18.3 Å². The van der Waals surface area contributed by atoms with Gasteiger partial charge >= 0.3 is 0 Å². The first-order valence-corrected chi connectivity index (χ1v) is 9.31. The second-order valence-corrected chi connectivity index (χ2v) is 7.52. The Morgan fingerprint density at radius 1 is 1.20 bits per heavy atom. The number of H-pyrrole nitrogens is 1. The van der Waals surface area contributed by atoms with Crippen molar-refractivity contribution in [1.82, 2.24) is 15.1 Å². The first kappa shape index (κ1) is 18.8. The van der Waals surface area contributed by atoms with E-state index in [-0.39, 0.29) is 38.2 Å². The standard InChI is InChI=1S/C16H16Cl4N4O/c17-10-7-11(18)15(20)16(14(10)19)22-13(25)8-24-5-2-9(3-6-24)12-1-4-21-23-12/h1,4,7,9H,2-3,5-6,8H2,(H,21,23)(H,22,25). The summed E-state index contributed by atoms with van der Waals surface area (Å²) in [7, 11) is 0. The number of benzene rings is 1. The maximum atomic E-state index is 12.3. The summed E-state index contributed by atoms with van der Waals surface area (Å²) in [6.45, 7) is 1.91. The average Bonchev–Trinajstić information content (AvgIpc) is 3.12. The van der Waals surface area contributed by atoms with Crippen LogP contribution in [0.2, 0.25) is 20.1 Å². The van der Waals surface area contributed by atoms with Crippen molar-refractivity contribution < 1.29 is 4.79 Å². The lowest BCUT2D eigenvalue weighted by Crippen LogP contribution is -2.38. The van der Waals surface area contributed by atoms with E-state index in [1.807, 2.05) is 6.07 Å². The van der Waals surface area contributed by atoms with Crippen LogP contribution in [0.5, 0.6) is 0 Å². The predicted molar refractivity (Wildman–Crippen MR) is 102 cm³/mol. The van der Waals surface area contributed by atoms with Crippen molar-refractivity contribution in [3.8, 4) is 0 Å². The van der Waals surface area contributed by atoms with Crippen LogP contribution >= 0.6 is 46.4 Å². The molecule has 0 saturated carbocycles. The molecule has 1 saturated heterocycles. The zero-order chi connectivity index (χ0) is 18.0. The maximum absolute atomic E-state index is 12.3. The number of halogens is 4. The van der Waals surface area contributed by atoms with Gasteiger partial charge in [0, 0.05) is 17.8 Å². The number of likely N-dealkylation sites (tertiary alicyclic amines) is 1. The summed E-state index contributed by atoms with van der Waals surface area (Å²) in [4.78, 5) is 14.4. The smallest absolute Gasteiger partial charge is 0.238 e. The summed E-state index contributed by atoms with van der Waals surface area (Å²) in [6.07, 6.45) is 3.71. The summed E-state index contributed by atoms with van der Waals surface area (Å²) in [5.41, 5.74) is 1.40. The van der Waals surface area contributed by atoms with E-state index in [1.54, 1.807) is 6.20 Å². The molecule has 0 aliphatic carbocycles. The SMILES string of the molecule is O=C(CN1CCC(c2ccn[nH]2)CC1)Nc1c(Cl)c(Cl)cc(Cl)c1Cl. The lowest BCUT2D eigenvalue weighted by molar-refractivity contribution is -0.117. The fourth-order valence-corrected chi connectivity index (χ4v) is 3.87. The molecular weight excluding hydrogens is 406 g/mol. The van der Waals surface area contributed by atoms with Gasteiger partial charge in [-0.2, -0.15) is 5.10 Å². The summed E-state index contributed by atoms with van der Waals surface area (Å²) < 4.78 is 0. The molecule has 134 valence electrons. The van der Waals surface area contributed by atoms with Gasteiger partial charge in [0.2, 0.25) is 5.91 Å². The number of piperidine rings is 1. The molecule has 0 atom stereocenters. The molecule has 2 heterocycles. The quantitative estimate of drug-likeness (QED) is 0.694. The van der Waals surface area contributed by atoms with Crippen molar-refractivity contribution in [3.05, 3.63) is 44.1 Å². The number of carbonyl (C=O) groups is 1. The fourth-order valence-electron chi connectivity index (χ4n) is 2.96. The summed E-state index contributed by atoms with van der Waals surface area (Å²) in [5, 5.41) is 10.6. The van der Waals surface area contributed by atoms with E-state index >= 15 is 0 Å². The van der Waals surface area contributed by atoms with Crippen LogP contribution in [0.1, 0.15) is 24.5 Å². The Balaban J connectivity index is 1.57. The number of nitrogens with zero attached hydrogens (tertiary/aromatic N) is 2. The molecule has 0 radical (unpaired) electrons. The van der Waals surface area contributed by atoms with Crippen LogP contribution in [0, 0.1) is 0 Å². The molecule has 0 unspecified atom stereocenters. The van der Waals surface area contributed by atoms with Crippen LogP contribution in [-0.2, 0) is 4.79 Å². The number of anilines is 1. The number of rotatable bonds is 4. The Morgan fingerprint density at radius 3 is 2.40 bits per heavy atom. The van der Waals surface area contributed by atoms with Crippen LogP contribution in [-0.4, -0.2) is 40.6 Å². The Morgan fingerprint density at radius 2 is 1.84 bits per heavy atom. The molecule has 2 N–H and O–H groups in total. The Hall–Kier alpha value is -0.980. The van der Waals surface area contributed by atoms with E-state index in [0.29, 0.717) is 5.92 Å². The van der Waals surface area contributed by atoms with Gasteiger partial charge < -0.3 is 5.32 Å². The predicted octanol–water partition coefficient (Wildman–Crippen LogP) is 4.84. The van der Waals surface area contributed by atoms with Crippen molar-refractivity contribution in [2.45, 2.75) is 18.8 Å². The van der Waals surface area contributed by atoms with Gasteiger partial charge in [0.1, 0.15) is 0 Å². The molecule has 1 amide bonds. The number of nitrogens with one attached hydrogen (secondary N) is 2. The minimum absolute atomic E-state index is 0.183. The number of hydrogen-bond acceptors (Lipinski definition) is 3. The highest BCUT2D eigenvalue weighted by molar-refractivity contribution is 6.50. The topological polar surface area (TPSA) is 61.0 Å². The van der Waals surface area contributed by atoms with E-state index < -0.39 is 0 Å². The molecule has 1 aromatic carbocycles. The Kier molecular flexibility index (Phi) is 6.12. The molecular formula is C16H16Cl4N4O. The maximum Gasteiger partial charge on any atom is 0.238 e. The van der Waals surface area contributed by atoms with Crippen LogP contribution in [0.25, 0.3) is 0 Å². The second kappa shape index (κ2) is 8.14. The first-order chi connectivity index (χ1) is 12.0. The normalized spacial score (nSPS) is 16.2. The summed E-state index contributed by atoms with van der Waals surface area (Å²) in [5.74, 6) is 0.250. The van der Waals surface area contributed by atoms with Crippen molar-refractivity contribution in [1.29, 1.82) is 0 Å². The Bertz CT molecular complexity index is 732. The third-order valence-electron chi connectivity index (χ3n) is 4.29. The fraction of sp³-hybridized carbons (Fsp3) is 0.375. The van der Waals surface area contributed by atoms with E-state index in [4.69, 9.17) is 46.4 Å². The highest BCUT2D eigenvalue weighted by Gasteiger charge is 2.23. The minimum atomic E-state index is -0.206. The number of amides is 1. The van der Waals surface area contributed by atoms with E-state index in [9.17, 15) is 4.79 Å². The Labute approximate surface area is 165 Å². The number of aromatic amines is 1. The van der Waals surface area contributed by atoms with Crippen molar-refractivity contribution in [2.24, 2.45) is 0 Å². The molecule has 0 bridgehead atoms. The molecule has 3 rings (SSSR count). The second-order valence-electron chi connectivity index (χ2n) is 5.95. The molecule has 0 spiro atoms. The van der Waals surface area contributed by atoms with Crippen molar-refractivity contribution in [2.75, 3.05) is 25.0 Å². The van der Waals surface area contributed by atoms with Gasteiger partial charge in [-0.3, -0.25) is 14.8 Å². The van der Waals surface area contributed by atoms with Gasteiger partial charge in [0.05, 0.1) is 32.3 Å². The zero-order valence-electron chi connectivity index (χ0n) is 13.2. The monoisotopic (exact) mass is 420 g/mol. The molecule has 1 aliphatic rings. The third kappa shape index (κ3) is 4.41. The van der Waals surface area contributed by atoms with Gasteiger partial charge in [0.25, 0.3) is 0 Å². The van der Waals surface area contributed by atoms with Crippen LogP contribution in [0.3, 0.4) is 0 Å². The number of aromatic nitrogens is 2. The van der Waals surface area contributed by atoms with Gasteiger partial charge in [-0.05, 0) is 38.1 Å². The summed E-state index contributed by atoms with van der Waals surface area (Å²) >= 11 is 24.2. The van der Waals surface area contributed by atoms with Crippen LogP contribution < -0.4 is 5.32 Å². The lowest BCUT2D eigenvalue weighted by atomic mass is 9.94. The molecule has 2 aromatic rings. The number of carbonyl (C=O) groups excluding carboxylic acids is 1. The lowest BCUT2D eigenvalue weighted by Gasteiger charge is -2.30. The van der Waals surface area contributed by atoms with Crippen molar-refractivity contribution >= 4 is 58.0 Å². The van der Waals surface area contributed by atoms with Crippen LogP contribution in [0.4, 0.5) is 5.69 Å². The minimum Gasteiger partial charge on any atom is -0.322 e. The van der Waals surface area contributed by atoms with Gasteiger partial charge in [-0.25, -0.2) is 0 Å². The zero-order valence-corrected chi connectivity index (χ0v) is 16.2. The van der Waals surface area contributed by atoms with E-state index in [1.165, 1.54) is 6.07 Å². The highest BCUT2D eigenvalue weighted by atomic mass is 35.5. The van der Waals surface area contributed by atoms with Gasteiger partial charge in [-0.15, -0.1) is 0 Å². The van der Waals surface area contributed by atoms with E-state index in [2.05, 4.69) is 20.4 Å². The molecule has 25 heavy (non-hydrogen) atoms. The molecule has 5 nitrogen and oxygen atoms in total. The summed E-state index contributed by atoms with van der Waals surface area (Å²) in [6, 6.07) is 3.45. The number of hydrogen-bond donors (Lipinski definition) is 2. The third-order valence-corrected chi connectivity index (χ3v) is 5.87. The first-order valence-electron chi connectivity index (χ1n) is 7.80. The van der Waals surface area contributed by atoms with Gasteiger partial charge in [-0.1, -0.05) is 46.4 Å². The molecule has 1 fully saturated rings.